The molecule has 1 atom stereocenters. The summed E-state index contributed by atoms with van der Waals surface area (Å²) in [5, 5.41) is 17.8. The molecule has 106 valence electrons. The maximum Gasteiger partial charge on any atom is 0.335 e. The van der Waals surface area contributed by atoms with Gasteiger partial charge in [0.25, 0.3) is 0 Å². The molecule has 0 aromatic heterocycles. The number of aliphatic hydroxyl groups is 1. The van der Waals surface area contributed by atoms with E-state index in [0.29, 0.717) is 6.42 Å². The number of rotatable bonds is 6. The number of sulfonamides is 1. The topological polar surface area (TPSA) is 104 Å². The highest BCUT2D eigenvalue weighted by molar-refractivity contribution is 9.10. The van der Waals surface area contributed by atoms with Crippen molar-refractivity contribution in [3.8, 4) is 0 Å². The summed E-state index contributed by atoms with van der Waals surface area (Å²) < 4.78 is 26.6. The lowest BCUT2D eigenvalue weighted by Crippen LogP contribution is -2.37. The fraction of sp³-hybridized carbons (Fsp3) is 0.364. The number of nitrogens with one attached hydrogen (secondary N) is 1. The van der Waals surface area contributed by atoms with Crippen LogP contribution >= 0.6 is 15.9 Å². The number of carbonyl (C=O) groups is 1. The van der Waals surface area contributed by atoms with Gasteiger partial charge < -0.3 is 10.2 Å². The number of hydrogen-bond donors (Lipinski definition) is 3. The van der Waals surface area contributed by atoms with Gasteiger partial charge in [-0.25, -0.2) is 17.9 Å². The first kappa shape index (κ1) is 16.1. The van der Waals surface area contributed by atoms with Crippen LogP contribution in [0.15, 0.2) is 27.6 Å². The van der Waals surface area contributed by atoms with Gasteiger partial charge >= 0.3 is 5.97 Å². The molecule has 0 unspecified atom stereocenters. The third kappa shape index (κ3) is 4.00. The minimum Gasteiger partial charge on any atom is -0.478 e. The zero-order chi connectivity index (χ0) is 14.6. The second kappa shape index (κ2) is 6.47. The first-order chi connectivity index (χ1) is 8.81. The summed E-state index contributed by atoms with van der Waals surface area (Å²) >= 11 is 3.04. The molecule has 0 aliphatic rings. The van der Waals surface area contributed by atoms with E-state index in [4.69, 9.17) is 10.2 Å². The summed E-state index contributed by atoms with van der Waals surface area (Å²) in [6, 6.07) is 3.06. The van der Waals surface area contributed by atoms with E-state index < -0.39 is 22.0 Å². The average molecular weight is 352 g/mol. The van der Waals surface area contributed by atoms with Crippen molar-refractivity contribution in [3.63, 3.8) is 0 Å². The summed E-state index contributed by atoms with van der Waals surface area (Å²) in [4.78, 5) is 10.7. The van der Waals surface area contributed by atoms with Crippen LogP contribution in [-0.2, 0) is 10.0 Å². The molecule has 0 amide bonds. The Hall–Kier alpha value is -0.960. The number of carboxylic acids is 1. The fourth-order valence-electron chi connectivity index (χ4n) is 1.38. The van der Waals surface area contributed by atoms with Crippen molar-refractivity contribution in [2.45, 2.75) is 24.3 Å². The van der Waals surface area contributed by atoms with E-state index >= 15 is 0 Å². The van der Waals surface area contributed by atoms with Crippen molar-refractivity contribution in [2.75, 3.05) is 6.61 Å². The Morgan fingerprint density at radius 2 is 2.11 bits per heavy atom. The molecule has 0 spiro atoms. The number of hydrogen-bond acceptors (Lipinski definition) is 4. The summed E-state index contributed by atoms with van der Waals surface area (Å²) in [6.45, 7) is 1.44. The minimum atomic E-state index is -3.81. The van der Waals surface area contributed by atoms with E-state index in [1.54, 1.807) is 6.92 Å². The van der Waals surface area contributed by atoms with Crippen LogP contribution in [-0.4, -0.2) is 37.2 Å². The highest BCUT2D eigenvalue weighted by atomic mass is 79.9. The molecule has 0 saturated carbocycles. The molecule has 0 aliphatic carbocycles. The second-order valence-corrected chi connectivity index (χ2v) is 6.40. The predicted molar refractivity (Wildman–Crippen MR) is 72.6 cm³/mol. The molecule has 6 nitrogen and oxygen atoms in total. The molecule has 0 heterocycles. The van der Waals surface area contributed by atoms with Gasteiger partial charge in [-0.3, -0.25) is 0 Å². The SMILES string of the molecule is CC[C@H](CO)NS(=O)(=O)c1ccc(C(=O)O)cc1Br. The van der Waals surface area contributed by atoms with E-state index in [-0.39, 0.29) is 21.5 Å². The maximum absolute atomic E-state index is 12.1. The van der Waals surface area contributed by atoms with Crippen molar-refractivity contribution < 1.29 is 23.4 Å². The lowest BCUT2D eigenvalue weighted by molar-refractivity contribution is 0.0696. The second-order valence-electron chi connectivity index (χ2n) is 3.86. The molecule has 1 aromatic rings. The van der Waals surface area contributed by atoms with Crippen LogP contribution < -0.4 is 4.72 Å². The number of aliphatic hydroxyl groups excluding tert-OH is 1. The van der Waals surface area contributed by atoms with Crippen LogP contribution in [0.1, 0.15) is 23.7 Å². The van der Waals surface area contributed by atoms with Gasteiger partial charge in [0, 0.05) is 10.5 Å². The number of halogens is 1. The quantitative estimate of drug-likeness (QED) is 0.714. The molecule has 3 N–H and O–H groups in total. The van der Waals surface area contributed by atoms with Gasteiger partial charge in [-0.1, -0.05) is 6.92 Å². The molecule has 0 bridgehead atoms. The van der Waals surface area contributed by atoms with Gasteiger partial charge in [0.05, 0.1) is 17.1 Å². The van der Waals surface area contributed by atoms with Gasteiger partial charge in [-0.05, 0) is 40.5 Å². The third-order valence-corrected chi connectivity index (χ3v) is 5.00. The molecule has 0 saturated heterocycles. The monoisotopic (exact) mass is 351 g/mol. The molecule has 0 radical (unpaired) electrons. The van der Waals surface area contributed by atoms with E-state index in [0.717, 1.165) is 0 Å². The molecule has 8 heteroatoms. The first-order valence-corrected chi connectivity index (χ1v) is 7.75. The van der Waals surface area contributed by atoms with Crippen LogP contribution in [0.4, 0.5) is 0 Å². The van der Waals surface area contributed by atoms with E-state index in [9.17, 15) is 13.2 Å². The highest BCUT2D eigenvalue weighted by Crippen LogP contribution is 2.23. The molecule has 1 rings (SSSR count). The van der Waals surface area contributed by atoms with Crippen LogP contribution in [0.2, 0.25) is 0 Å². The third-order valence-electron chi connectivity index (χ3n) is 2.50. The van der Waals surface area contributed by atoms with Crippen molar-refractivity contribution in [3.05, 3.63) is 28.2 Å². The summed E-state index contributed by atoms with van der Waals surface area (Å²) in [5.74, 6) is -1.14. The Bertz CT molecular complexity index is 568. The Kier molecular flexibility index (Phi) is 5.48. The zero-order valence-corrected chi connectivity index (χ0v) is 12.5. The average Bonchev–Trinajstić information content (AvgIpc) is 2.35. The van der Waals surface area contributed by atoms with Crippen molar-refractivity contribution in [1.29, 1.82) is 0 Å². The molecule has 0 fully saturated rings. The Morgan fingerprint density at radius 3 is 2.53 bits per heavy atom. The lowest BCUT2D eigenvalue weighted by Gasteiger charge is -2.15. The number of aromatic carboxylic acids is 1. The standard InChI is InChI=1S/C11H14BrNO5S/c1-2-8(6-14)13-19(17,18)10-4-3-7(11(15)16)5-9(10)12/h3-5,8,13-14H,2,6H2,1H3,(H,15,16)/t8-/m1/s1. The molecule has 19 heavy (non-hydrogen) atoms. The van der Waals surface area contributed by atoms with Crippen molar-refractivity contribution in [2.24, 2.45) is 0 Å². The van der Waals surface area contributed by atoms with Gasteiger partial charge in [-0.15, -0.1) is 0 Å². The predicted octanol–water partition coefficient (Wildman–Crippen LogP) is 1.20. The van der Waals surface area contributed by atoms with E-state index in [2.05, 4.69) is 20.7 Å². The summed E-state index contributed by atoms with van der Waals surface area (Å²) in [7, 11) is -3.81. The van der Waals surface area contributed by atoms with E-state index in [1.165, 1.54) is 18.2 Å². The molecular formula is C11H14BrNO5S. The summed E-state index contributed by atoms with van der Waals surface area (Å²) in [6.07, 6.45) is 0.445. The molecular weight excluding hydrogens is 338 g/mol. The van der Waals surface area contributed by atoms with Crippen LogP contribution in [0, 0.1) is 0 Å². The normalized spacial score (nSPS) is 13.2. The Balaban J connectivity index is 3.12. The highest BCUT2D eigenvalue weighted by Gasteiger charge is 2.22. The van der Waals surface area contributed by atoms with Gasteiger partial charge in [0.2, 0.25) is 10.0 Å². The van der Waals surface area contributed by atoms with Crippen molar-refractivity contribution >= 4 is 31.9 Å². The number of carboxylic acid groups (broad SMARTS) is 1. The maximum atomic E-state index is 12.1. The zero-order valence-electron chi connectivity index (χ0n) is 10.1. The van der Waals surface area contributed by atoms with Gasteiger partial charge in [0.1, 0.15) is 0 Å². The largest absolute Gasteiger partial charge is 0.478 e. The van der Waals surface area contributed by atoms with Gasteiger partial charge in [-0.2, -0.15) is 0 Å². The fourth-order valence-corrected chi connectivity index (χ4v) is 3.77. The van der Waals surface area contributed by atoms with Crippen molar-refractivity contribution in [1.82, 2.24) is 4.72 Å². The smallest absolute Gasteiger partial charge is 0.335 e. The Morgan fingerprint density at radius 1 is 1.47 bits per heavy atom. The number of benzene rings is 1. The molecule has 0 aliphatic heterocycles. The first-order valence-electron chi connectivity index (χ1n) is 5.47. The van der Waals surface area contributed by atoms with Crippen LogP contribution in [0.5, 0.6) is 0 Å². The molecule has 1 aromatic carbocycles. The lowest BCUT2D eigenvalue weighted by atomic mass is 10.2. The Labute approximate surface area is 119 Å². The van der Waals surface area contributed by atoms with Crippen LogP contribution in [0.3, 0.4) is 0 Å². The van der Waals surface area contributed by atoms with Crippen LogP contribution in [0.25, 0.3) is 0 Å². The minimum absolute atomic E-state index is 0.0139. The van der Waals surface area contributed by atoms with Gasteiger partial charge in [0.15, 0.2) is 0 Å². The summed E-state index contributed by atoms with van der Waals surface area (Å²) in [5.41, 5.74) is -0.0139. The van der Waals surface area contributed by atoms with E-state index in [1.807, 2.05) is 0 Å².